The van der Waals surface area contributed by atoms with Crippen LogP contribution in [-0.2, 0) is 11.2 Å². The number of rotatable bonds is 3. The SMILES string of the molecule is CC1=CC(Cc2ccccc2)C2C(=O)NCN(c3ccccc3)C2=N1. The summed E-state index contributed by atoms with van der Waals surface area (Å²) in [5.41, 5.74) is 3.27. The summed E-state index contributed by atoms with van der Waals surface area (Å²) in [4.78, 5) is 19.5. The van der Waals surface area contributed by atoms with Crippen molar-refractivity contribution < 1.29 is 4.79 Å². The largest absolute Gasteiger partial charge is 0.338 e. The summed E-state index contributed by atoms with van der Waals surface area (Å²) in [5, 5.41) is 3.04. The van der Waals surface area contributed by atoms with Crippen molar-refractivity contribution in [2.75, 3.05) is 11.6 Å². The molecule has 0 aliphatic carbocycles. The number of carbonyl (C=O) groups is 1. The number of fused-ring (bicyclic) bond motifs is 1. The molecular weight excluding hydrogens is 310 g/mol. The summed E-state index contributed by atoms with van der Waals surface area (Å²) in [6.45, 7) is 2.47. The number of hydrogen-bond donors (Lipinski definition) is 1. The highest BCUT2D eigenvalue weighted by molar-refractivity contribution is 6.14. The van der Waals surface area contributed by atoms with Crippen molar-refractivity contribution in [2.24, 2.45) is 16.8 Å². The highest BCUT2D eigenvalue weighted by atomic mass is 16.2. The number of carbonyl (C=O) groups excluding carboxylic acids is 1. The van der Waals surface area contributed by atoms with E-state index in [1.165, 1.54) is 5.56 Å². The highest BCUT2D eigenvalue weighted by Crippen LogP contribution is 2.32. The Balaban J connectivity index is 1.69. The summed E-state index contributed by atoms with van der Waals surface area (Å²) in [7, 11) is 0. The van der Waals surface area contributed by atoms with E-state index in [2.05, 4.69) is 40.6 Å². The Morgan fingerprint density at radius 1 is 1.08 bits per heavy atom. The second-order valence-corrected chi connectivity index (χ2v) is 6.57. The quantitative estimate of drug-likeness (QED) is 0.937. The standard InChI is InChI=1S/C21H21N3O/c1-15-12-17(13-16-8-4-2-5-9-16)19-20(23-15)24(14-22-21(19)25)18-10-6-3-7-11-18/h2-12,17,19H,13-14H2,1H3,(H,22,25). The van der Waals surface area contributed by atoms with Crippen LogP contribution in [0.4, 0.5) is 5.69 Å². The maximum absolute atomic E-state index is 12.7. The zero-order chi connectivity index (χ0) is 17.2. The summed E-state index contributed by atoms with van der Waals surface area (Å²) in [6, 6.07) is 20.4. The second-order valence-electron chi connectivity index (χ2n) is 6.57. The first-order valence-electron chi connectivity index (χ1n) is 8.63. The average Bonchev–Trinajstić information content (AvgIpc) is 2.63. The van der Waals surface area contributed by atoms with Crippen LogP contribution in [0.15, 0.2) is 77.4 Å². The predicted molar refractivity (Wildman–Crippen MR) is 100 cm³/mol. The van der Waals surface area contributed by atoms with Crippen LogP contribution >= 0.6 is 0 Å². The molecule has 126 valence electrons. The van der Waals surface area contributed by atoms with E-state index in [0.29, 0.717) is 6.67 Å². The van der Waals surface area contributed by atoms with Crippen LogP contribution in [0.1, 0.15) is 12.5 Å². The van der Waals surface area contributed by atoms with Gasteiger partial charge in [0.15, 0.2) is 0 Å². The van der Waals surface area contributed by atoms with Crippen molar-refractivity contribution in [2.45, 2.75) is 13.3 Å². The van der Waals surface area contributed by atoms with Gasteiger partial charge in [0.2, 0.25) is 5.91 Å². The lowest BCUT2D eigenvalue weighted by molar-refractivity contribution is -0.124. The first kappa shape index (κ1) is 15.6. The molecule has 1 saturated heterocycles. The number of para-hydroxylation sites is 1. The molecule has 0 bridgehead atoms. The van der Waals surface area contributed by atoms with Gasteiger partial charge in [0.05, 0.1) is 6.67 Å². The number of amidine groups is 1. The number of benzene rings is 2. The molecule has 2 atom stereocenters. The zero-order valence-electron chi connectivity index (χ0n) is 14.2. The average molecular weight is 331 g/mol. The molecule has 0 aromatic heterocycles. The molecule has 4 nitrogen and oxygen atoms in total. The van der Waals surface area contributed by atoms with E-state index in [-0.39, 0.29) is 17.7 Å². The van der Waals surface area contributed by atoms with Gasteiger partial charge in [0.1, 0.15) is 11.8 Å². The molecule has 2 unspecified atom stereocenters. The molecule has 0 spiro atoms. The maximum atomic E-state index is 12.7. The van der Waals surface area contributed by atoms with Crippen molar-refractivity contribution in [3.8, 4) is 0 Å². The fraction of sp³-hybridized carbons (Fsp3) is 0.238. The molecule has 2 aromatic rings. The smallest absolute Gasteiger partial charge is 0.232 e. The summed E-state index contributed by atoms with van der Waals surface area (Å²) in [5.74, 6) is 0.783. The topological polar surface area (TPSA) is 44.7 Å². The first-order chi connectivity index (χ1) is 12.2. The van der Waals surface area contributed by atoms with Crippen molar-refractivity contribution in [1.82, 2.24) is 5.32 Å². The monoisotopic (exact) mass is 331 g/mol. The molecule has 2 aliphatic heterocycles. The fourth-order valence-corrected chi connectivity index (χ4v) is 3.67. The van der Waals surface area contributed by atoms with Gasteiger partial charge >= 0.3 is 0 Å². The summed E-state index contributed by atoms with van der Waals surface area (Å²) < 4.78 is 0. The summed E-state index contributed by atoms with van der Waals surface area (Å²) in [6.07, 6.45) is 2.97. The Morgan fingerprint density at radius 3 is 2.48 bits per heavy atom. The molecule has 2 aliphatic rings. The molecule has 1 fully saturated rings. The number of anilines is 1. The highest BCUT2D eigenvalue weighted by Gasteiger charge is 2.40. The van der Waals surface area contributed by atoms with Crippen molar-refractivity contribution >= 4 is 17.4 Å². The molecule has 25 heavy (non-hydrogen) atoms. The third kappa shape index (κ3) is 3.07. The lowest BCUT2D eigenvalue weighted by Gasteiger charge is -2.40. The van der Waals surface area contributed by atoms with E-state index in [9.17, 15) is 4.79 Å². The van der Waals surface area contributed by atoms with Crippen LogP contribution in [0.25, 0.3) is 0 Å². The number of aliphatic imine (C=N–C) groups is 1. The zero-order valence-corrected chi connectivity index (χ0v) is 14.2. The van der Waals surface area contributed by atoms with E-state index >= 15 is 0 Å². The molecule has 4 heteroatoms. The van der Waals surface area contributed by atoms with Gasteiger partial charge in [-0.05, 0) is 31.0 Å². The van der Waals surface area contributed by atoms with Gasteiger partial charge in [-0.25, -0.2) is 4.99 Å². The molecular formula is C21H21N3O. The second kappa shape index (κ2) is 6.55. The van der Waals surface area contributed by atoms with E-state index < -0.39 is 0 Å². The lowest BCUT2D eigenvalue weighted by Crippen LogP contribution is -2.57. The Labute approximate surface area is 147 Å². The summed E-state index contributed by atoms with van der Waals surface area (Å²) >= 11 is 0. The van der Waals surface area contributed by atoms with Crippen LogP contribution in [0.5, 0.6) is 0 Å². The van der Waals surface area contributed by atoms with Gasteiger partial charge in [-0.1, -0.05) is 54.6 Å². The normalized spacial score (nSPS) is 22.6. The van der Waals surface area contributed by atoms with Crippen LogP contribution in [0.3, 0.4) is 0 Å². The fourth-order valence-electron chi connectivity index (χ4n) is 3.67. The molecule has 4 rings (SSSR count). The predicted octanol–water partition coefficient (Wildman–Crippen LogP) is 3.37. The first-order valence-corrected chi connectivity index (χ1v) is 8.63. The molecule has 2 heterocycles. The molecule has 0 saturated carbocycles. The Kier molecular flexibility index (Phi) is 4.10. The maximum Gasteiger partial charge on any atom is 0.232 e. The van der Waals surface area contributed by atoms with Gasteiger partial charge in [0.25, 0.3) is 0 Å². The minimum atomic E-state index is -0.252. The molecule has 1 amide bonds. The Morgan fingerprint density at radius 2 is 1.76 bits per heavy atom. The minimum absolute atomic E-state index is 0.0654. The van der Waals surface area contributed by atoms with Crippen molar-refractivity contribution in [3.05, 3.63) is 78.0 Å². The van der Waals surface area contributed by atoms with Gasteiger partial charge < -0.3 is 10.2 Å². The number of hydrogen-bond acceptors (Lipinski definition) is 3. The van der Waals surface area contributed by atoms with Gasteiger partial charge in [0, 0.05) is 17.3 Å². The van der Waals surface area contributed by atoms with Crippen LogP contribution in [0.2, 0.25) is 0 Å². The van der Waals surface area contributed by atoms with E-state index in [4.69, 9.17) is 4.99 Å². The number of allylic oxidation sites excluding steroid dienone is 2. The van der Waals surface area contributed by atoms with Crippen LogP contribution in [0, 0.1) is 11.8 Å². The Bertz CT molecular complexity index is 827. The minimum Gasteiger partial charge on any atom is -0.338 e. The van der Waals surface area contributed by atoms with Crippen molar-refractivity contribution in [3.63, 3.8) is 0 Å². The number of amides is 1. The Hall–Kier alpha value is -2.88. The van der Waals surface area contributed by atoms with Gasteiger partial charge in [-0.15, -0.1) is 0 Å². The number of nitrogens with zero attached hydrogens (tertiary/aromatic N) is 2. The molecule has 1 N–H and O–H groups in total. The van der Waals surface area contributed by atoms with Gasteiger partial charge in [-0.3, -0.25) is 4.79 Å². The van der Waals surface area contributed by atoms with Gasteiger partial charge in [-0.2, -0.15) is 0 Å². The van der Waals surface area contributed by atoms with E-state index in [1.54, 1.807) is 0 Å². The van der Waals surface area contributed by atoms with Crippen LogP contribution in [-0.4, -0.2) is 18.4 Å². The van der Waals surface area contributed by atoms with E-state index in [0.717, 1.165) is 23.6 Å². The lowest BCUT2D eigenvalue weighted by atomic mass is 9.81. The third-order valence-corrected chi connectivity index (χ3v) is 4.81. The molecule has 0 radical (unpaired) electrons. The van der Waals surface area contributed by atoms with Crippen molar-refractivity contribution in [1.29, 1.82) is 0 Å². The van der Waals surface area contributed by atoms with Crippen LogP contribution < -0.4 is 10.2 Å². The van der Waals surface area contributed by atoms with E-state index in [1.807, 2.05) is 43.3 Å². The third-order valence-electron chi connectivity index (χ3n) is 4.81. The number of nitrogens with one attached hydrogen (secondary N) is 1. The molecule has 2 aromatic carbocycles.